The summed E-state index contributed by atoms with van der Waals surface area (Å²) in [6.45, 7) is 0.925. The SMILES string of the molecule is O=C1CCCN1CC(=O)N1C[C@H](O)C[C@H]1c1ccc(F)cc1. The first-order valence-electron chi connectivity index (χ1n) is 7.55. The third kappa shape index (κ3) is 2.97. The molecule has 0 aliphatic carbocycles. The molecule has 1 aromatic carbocycles. The van der Waals surface area contributed by atoms with E-state index in [1.165, 1.54) is 12.1 Å². The highest BCUT2D eigenvalue weighted by molar-refractivity contribution is 5.86. The fourth-order valence-electron chi connectivity index (χ4n) is 3.22. The van der Waals surface area contributed by atoms with Crippen molar-refractivity contribution in [2.75, 3.05) is 19.6 Å². The van der Waals surface area contributed by atoms with E-state index in [1.807, 2.05) is 0 Å². The molecule has 118 valence electrons. The number of hydrogen-bond acceptors (Lipinski definition) is 3. The molecule has 2 aliphatic rings. The zero-order valence-corrected chi connectivity index (χ0v) is 12.2. The summed E-state index contributed by atoms with van der Waals surface area (Å²) < 4.78 is 13.0. The van der Waals surface area contributed by atoms with Gasteiger partial charge in [-0.1, -0.05) is 12.1 Å². The summed E-state index contributed by atoms with van der Waals surface area (Å²) in [6, 6.07) is 5.72. The van der Waals surface area contributed by atoms with E-state index in [1.54, 1.807) is 21.9 Å². The number of hydrogen-bond donors (Lipinski definition) is 1. The van der Waals surface area contributed by atoms with Crippen molar-refractivity contribution in [3.63, 3.8) is 0 Å². The van der Waals surface area contributed by atoms with Crippen molar-refractivity contribution in [3.8, 4) is 0 Å². The number of aliphatic hydroxyl groups excluding tert-OH is 1. The van der Waals surface area contributed by atoms with Crippen LogP contribution in [-0.4, -0.2) is 52.5 Å². The molecule has 0 radical (unpaired) electrons. The molecule has 5 nitrogen and oxygen atoms in total. The standard InChI is InChI=1S/C16H19FN2O3/c17-12-5-3-11(4-6-12)14-8-13(20)9-19(14)16(22)10-18-7-1-2-15(18)21/h3-6,13-14,20H,1-2,7-10H2/t13-,14+/m1/s1. The van der Waals surface area contributed by atoms with Gasteiger partial charge in [0.05, 0.1) is 18.7 Å². The largest absolute Gasteiger partial charge is 0.391 e. The van der Waals surface area contributed by atoms with Gasteiger partial charge in [-0.3, -0.25) is 9.59 Å². The molecule has 2 heterocycles. The van der Waals surface area contributed by atoms with E-state index >= 15 is 0 Å². The predicted molar refractivity (Wildman–Crippen MR) is 77.3 cm³/mol. The summed E-state index contributed by atoms with van der Waals surface area (Å²) in [4.78, 5) is 27.3. The Morgan fingerprint density at radius 1 is 1.32 bits per heavy atom. The first-order chi connectivity index (χ1) is 10.5. The van der Waals surface area contributed by atoms with Crippen LogP contribution < -0.4 is 0 Å². The van der Waals surface area contributed by atoms with E-state index in [2.05, 4.69) is 0 Å². The molecule has 2 saturated heterocycles. The van der Waals surface area contributed by atoms with Gasteiger partial charge in [-0.25, -0.2) is 4.39 Å². The second kappa shape index (κ2) is 6.04. The normalized spacial score (nSPS) is 25.1. The van der Waals surface area contributed by atoms with Crippen molar-refractivity contribution in [3.05, 3.63) is 35.6 Å². The van der Waals surface area contributed by atoms with Crippen LogP contribution in [0.2, 0.25) is 0 Å². The van der Waals surface area contributed by atoms with E-state index in [9.17, 15) is 19.1 Å². The number of rotatable bonds is 3. The Bertz CT molecular complexity index is 575. The molecule has 0 saturated carbocycles. The number of aliphatic hydroxyl groups is 1. The number of β-amino-alcohol motifs (C(OH)–C–C–N with tert-alkyl or cyclic N) is 1. The molecular weight excluding hydrogens is 287 g/mol. The predicted octanol–water partition coefficient (Wildman–Crippen LogP) is 1.08. The number of carbonyl (C=O) groups is 2. The van der Waals surface area contributed by atoms with E-state index in [4.69, 9.17) is 0 Å². The Morgan fingerprint density at radius 3 is 2.68 bits per heavy atom. The van der Waals surface area contributed by atoms with Crippen molar-refractivity contribution >= 4 is 11.8 Å². The maximum absolute atomic E-state index is 13.0. The number of amides is 2. The Kier molecular flexibility index (Phi) is 4.11. The van der Waals surface area contributed by atoms with Gasteiger partial charge in [0.1, 0.15) is 5.82 Å². The summed E-state index contributed by atoms with van der Waals surface area (Å²) in [5.74, 6) is -0.490. The highest BCUT2D eigenvalue weighted by Crippen LogP contribution is 2.32. The highest BCUT2D eigenvalue weighted by Gasteiger charge is 2.36. The average Bonchev–Trinajstić information content (AvgIpc) is 3.06. The molecule has 1 aromatic rings. The second-order valence-corrected chi connectivity index (χ2v) is 5.92. The van der Waals surface area contributed by atoms with Gasteiger partial charge in [-0.05, 0) is 30.5 Å². The molecule has 3 rings (SSSR count). The van der Waals surface area contributed by atoms with Crippen LogP contribution in [0.15, 0.2) is 24.3 Å². The Hall–Kier alpha value is -1.95. The van der Waals surface area contributed by atoms with Crippen molar-refractivity contribution in [2.45, 2.75) is 31.4 Å². The van der Waals surface area contributed by atoms with Crippen molar-refractivity contribution < 1.29 is 19.1 Å². The number of likely N-dealkylation sites (tertiary alicyclic amines) is 2. The van der Waals surface area contributed by atoms with Crippen LogP contribution >= 0.6 is 0 Å². The van der Waals surface area contributed by atoms with E-state index in [0.717, 1.165) is 12.0 Å². The minimum absolute atomic E-state index is 0.00595. The molecule has 0 spiro atoms. The zero-order valence-electron chi connectivity index (χ0n) is 12.2. The lowest BCUT2D eigenvalue weighted by molar-refractivity contribution is -0.139. The number of halogens is 1. The van der Waals surface area contributed by atoms with E-state index in [0.29, 0.717) is 19.4 Å². The second-order valence-electron chi connectivity index (χ2n) is 5.92. The van der Waals surface area contributed by atoms with Crippen molar-refractivity contribution in [1.82, 2.24) is 9.80 Å². The summed E-state index contributed by atoms with van der Waals surface area (Å²) in [7, 11) is 0. The van der Waals surface area contributed by atoms with Gasteiger partial charge in [0.15, 0.2) is 0 Å². The molecule has 1 N–H and O–H groups in total. The van der Waals surface area contributed by atoms with Crippen LogP contribution in [-0.2, 0) is 9.59 Å². The molecule has 0 aromatic heterocycles. The smallest absolute Gasteiger partial charge is 0.242 e. The number of carbonyl (C=O) groups excluding carboxylic acids is 2. The zero-order chi connectivity index (χ0) is 15.7. The third-order valence-corrected chi connectivity index (χ3v) is 4.35. The molecule has 2 fully saturated rings. The molecule has 22 heavy (non-hydrogen) atoms. The molecular formula is C16H19FN2O3. The molecule has 2 atom stereocenters. The first kappa shape index (κ1) is 15.0. The fraction of sp³-hybridized carbons (Fsp3) is 0.500. The number of benzene rings is 1. The number of nitrogens with zero attached hydrogens (tertiary/aromatic N) is 2. The summed E-state index contributed by atoms with van der Waals surface area (Å²) in [5.41, 5.74) is 0.805. The lowest BCUT2D eigenvalue weighted by Gasteiger charge is -2.27. The van der Waals surface area contributed by atoms with Crippen molar-refractivity contribution in [1.29, 1.82) is 0 Å². The monoisotopic (exact) mass is 306 g/mol. The van der Waals surface area contributed by atoms with Crippen LogP contribution in [0.4, 0.5) is 4.39 Å². The van der Waals surface area contributed by atoms with Gasteiger partial charge in [0, 0.05) is 19.5 Å². The highest BCUT2D eigenvalue weighted by atomic mass is 19.1. The van der Waals surface area contributed by atoms with Gasteiger partial charge in [-0.15, -0.1) is 0 Å². The molecule has 2 aliphatic heterocycles. The summed E-state index contributed by atoms with van der Waals surface area (Å²) in [5, 5.41) is 9.90. The first-order valence-corrected chi connectivity index (χ1v) is 7.55. The van der Waals surface area contributed by atoms with E-state index in [-0.39, 0.29) is 36.8 Å². The Balaban J connectivity index is 1.73. The maximum atomic E-state index is 13.0. The van der Waals surface area contributed by atoms with E-state index < -0.39 is 6.10 Å². The third-order valence-electron chi connectivity index (χ3n) is 4.35. The van der Waals surface area contributed by atoms with Crippen LogP contribution in [0, 0.1) is 5.82 Å². The molecule has 6 heteroatoms. The summed E-state index contributed by atoms with van der Waals surface area (Å²) >= 11 is 0. The van der Waals surface area contributed by atoms with Gasteiger partial charge in [0.25, 0.3) is 0 Å². The molecule has 0 unspecified atom stereocenters. The van der Waals surface area contributed by atoms with Crippen molar-refractivity contribution in [2.24, 2.45) is 0 Å². The van der Waals surface area contributed by atoms with Crippen LogP contribution in [0.5, 0.6) is 0 Å². The topological polar surface area (TPSA) is 60.9 Å². The average molecular weight is 306 g/mol. The van der Waals surface area contributed by atoms with Gasteiger partial charge < -0.3 is 14.9 Å². The maximum Gasteiger partial charge on any atom is 0.242 e. The minimum Gasteiger partial charge on any atom is -0.391 e. The lowest BCUT2D eigenvalue weighted by atomic mass is 10.0. The fourth-order valence-corrected chi connectivity index (χ4v) is 3.22. The Morgan fingerprint density at radius 2 is 2.05 bits per heavy atom. The minimum atomic E-state index is -0.590. The lowest BCUT2D eigenvalue weighted by Crippen LogP contribution is -2.41. The van der Waals surface area contributed by atoms with Crippen LogP contribution in [0.3, 0.4) is 0 Å². The van der Waals surface area contributed by atoms with Gasteiger partial charge >= 0.3 is 0 Å². The summed E-state index contributed by atoms with van der Waals surface area (Å²) in [6.07, 6.45) is 1.13. The molecule has 2 amide bonds. The van der Waals surface area contributed by atoms with Gasteiger partial charge in [0.2, 0.25) is 11.8 Å². The Labute approximate surface area is 128 Å². The van der Waals surface area contributed by atoms with Crippen LogP contribution in [0.25, 0.3) is 0 Å². The quantitative estimate of drug-likeness (QED) is 0.909. The van der Waals surface area contributed by atoms with Crippen LogP contribution in [0.1, 0.15) is 30.9 Å². The molecule has 0 bridgehead atoms. The van der Waals surface area contributed by atoms with Gasteiger partial charge in [-0.2, -0.15) is 0 Å².